The summed E-state index contributed by atoms with van der Waals surface area (Å²) in [5.41, 5.74) is 0.549. The summed E-state index contributed by atoms with van der Waals surface area (Å²) in [7, 11) is -3.92. The van der Waals surface area contributed by atoms with Crippen molar-refractivity contribution in [3.63, 3.8) is 0 Å². The standard InChI is InChI=1S/C17H18BrClN2O4S/c1-3-25-16-9-8-12(10-14(16)19)26(23,24)21-11(2)17(22)20-15-7-5-4-6-13(15)18/h4-11,21H,3H2,1-2H3,(H,20,22)/t11-/m0/s1. The summed E-state index contributed by atoms with van der Waals surface area (Å²) >= 11 is 9.36. The summed E-state index contributed by atoms with van der Waals surface area (Å²) in [6, 6.07) is 10.2. The van der Waals surface area contributed by atoms with Crippen molar-refractivity contribution in [1.29, 1.82) is 0 Å². The summed E-state index contributed by atoms with van der Waals surface area (Å²) in [6.07, 6.45) is 0. The molecule has 0 saturated heterocycles. The molecule has 6 nitrogen and oxygen atoms in total. The molecule has 0 spiro atoms. The van der Waals surface area contributed by atoms with E-state index in [2.05, 4.69) is 26.0 Å². The third kappa shape index (κ3) is 5.20. The van der Waals surface area contributed by atoms with E-state index in [1.165, 1.54) is 25.1 Å². The molecular formula is C17H18BrClN2O4S. The number of hydrogen-bond acceptors (Lipinski definition) is 4. The maximum atomic E-state index is 12.5. The SMILES string of the molecule is CCOc1ccc(S(=O)(=O)N[C@@H](C)C(=O)Nc2ccccc2Br)cc1Cl. The number of carbonyl (C=O) groups excluding carboxylic acids is 1. The lowest BCUT2D eigenvalue weighted by atomic mass is 10.3. The first-order valence-corrected chi connectivity index (χ1v) is 10.4. The van der Waals surface area contributed by atoms with E-state index in [1.54, 1.807) is 25.1 Å². The molecule has 0 heterocycles. The molecule has 2 aromatic rings. The first-order chi connectivity index (χ1) is 12.2. The van der Waals surface area contributed by atoms with E-state index in [4.69, 9.17) is 16.3 Å². The zero-order chi connectivity index (χ0) is 19.3. The lowest BCUT2D eigenvalue weighted by molar-refractivity contribution is -0.117. The van der Waals surface area contributed by atoms with E-state index < -0.39 is 22.0 Å². The van der Waals surface area contributed by atoms with Gasteiger partial charge in [-0.1, -0.05) is 23.7 Å². The molecule has 2 rings (SSSR count). The molecule has 0 bridgehead atoms. The van der Waals surface area contributed by atoms with Gasteiger partial charge in [-0.15, -0.1) is 0 Å². The molecule has 0 aliphatic heterocycles. The minimum atomic E-state index is -3.92. The first-order valence-electron chi connectivity index (χ1n) is 7.74. The van der Waals surface area contributed by atoms with Gasteiger partial charge in [0.05, 0.1) is 28.3 Å². The van der Waals surface area contributed by atoms with Crippen LogP contribution in [0.25, 0.3) is 0 Å². The fraction of sp³-hybridized carbons (Fsp3) is 0.235. The van der Waals surface area contributed by atoms with E-state index in [0.717, 1.165) is 0 Å². The van der Waals surface area contributed by atoms with E-state index in [9.17, 15) is 13.2 Å². The summed E-state index contributed by atoms with van der Waals surface area (Å²) in [6.45, 7) is 3.67. The number of halogens is 2. The van der Waals surface area contributed by atoms with Crippen LogP contribution in [0.2, 0.25) is 5.02 Å². The third-order valence-electron chi connectivity index (χ3n) is 3.37. The third-order valence-corrected chi connectivity index (χ3v) is 5.90. The highest BCUT2D eigenvalue weighted by Gasteiger charge is 2.23. The van der Waals surface area contributed by atoms with Crippen LogP contribution in [-0.2, 0) is 14.8 Å². The molecule has 140 valence electrons. The van der Waals surface area contributed by atoms with Crippen molar-refractivity contribution in [2.75, 3.05) is 11.9 Å². The van der Waals surface area contributed by atoms with E-state index in [-0.39, 0.29) is 9.92 Å². The Kier molecular flexibility index (Phi) is 7.05. The molecule has 2 N–H and O–H groups in total. The smallest absolute Gasteiger partial charge is 0.242 e. The lowest BCUT2D eigenvalue weighted by Gasteiger charge is -2.15. The highest BCUT2D eigenvalue weighted by atomic mass is 79.9. The quantitative estimate of drug-likeness (QED) is 0.657. The zero-order valence-electron chi connectivity index (χ0n) is 14.1. The van der Waals surface area contributed by atoms with Crippen LogP contribution in [0.4, 0.5) is 5.69 Å². The average molecular weight is 462 g/mol. The maximum absolute atomic E-state index is 12.5. The van der Waals surface area contributed by atoms with Gasteiger partial charge in [0, 0.05) is 4.47 Å². The Morgan fingerprint density at radius 1 is 1.27 bits per heavy atom. The van der Waals surface area contributed by atoms with Crippen LogP contribution < -0.4 is 14.8 Å². The van der Waals surface area contributed by atoms with Gasteiger partial charge in [-0.05, 0) is 60.1 Å². The number of ether oxygens (including phenoxy) is 1. The summed E-state index contributed by atoms with van der Waals surface area (Å²) < 4.78 is 33.3. The van der Waals surface area contributed by atoms with Crippen molar-refractivity contribution in [3.05, 3.63) is 52.0 Å². The first kappa shape index (κ1) is 20.7. The zero-order valence-corrected chi connectivity index (χ0v) is 17.3. The number of carbonyl (C=O) groups is 1. The van der Waals surface area contributed by atoms with Crippen LogP contribution in [0, 0.1) is 0 Å². The van der Waals surface area contributed by atoms with Gasteiger partial charge >= 0.3 is 0 Å². The van der Waals surface area contributed by atoms with Gasteiger partial charge in [0.2, 0.25) is 15.9 Å². The van der Waals surface area contributed by atoms with Crippen LogP contribution in [0.5, 0.6) is 5.75 Å². The molecule has 9 heteroatoms. The molecule has 0 radical (unpaired) electrons. The Labute approximate surface area is 166 Å². The molecule has 1 amide bonds. The highest BCUT2D eigenvalue weighted by Crippen LogP contribution is 2.27. The van der Waals surface area contributed by atoms with E-state index in [0.29, 0.717) is 22.5 Å². The molecule has 26 heavy (non-hydrogen) atoms. The van der Waals surface area contributed by atoms with Crippen molar-refractivity contribution in [2.45, 2.75) is 24.8 Å². The van der Waals surface area contributed by atoms with Crippen LogP contribution in [0.15, 0.2) is 51.8 Å². The van der Waals surface area contributed by atoms with Gasteiger partial charge in [-0.3, -0.25) is 4.79 Å². The number of anilines is 1. The van der Waals surface area contributed by atoms with E-state index >= 15 is 0 Å². The highest BCUT2D eigenvalue weighted by molar-refractivity contribution is 9.10. The molecule has 2 aromatic carbocycles. The van der Waals surface area contributed by atoms with Crippen molar-refractivity contribution in [3.8, 4) is 5.75 Å². The monoisotopic (exact) mass is 460 g/mol. The summed E-state index contributed by atoms with van der Waals surface area (Å²) in [5.74, 6) is -0.0923. The maximum Gasteiger partial charge on any atom is 0.242 e. The average Bonchev–Trinajstić information content (AvgIpc) is 2.58. The van der Waals surface area contributed by atoms with Gasteiger partial charge in [-0.2, -0.15) is 4.72 Å². The number of rotatable bonds is 7. The Hall–Kier alpha value is -1.61. The van der Waals surface area contributed by atoms with Crippen molar-refractivity contribution < 1.29 is 17.9 Å². The minimum Gasteiger partial charge on any atom is -0.492 e. The Bertz CT molecular complexity index is 905. The topological polar surface area (TPSA) is 84.5 Å². The minimum absolute atomic E-state index is 0.0495. The van der Waals surface area contributed by atoms with Crippen LogP contribution >= 0.6 is 27.5 Å². The van der Waals surface area contributed by atoms with Gasteiger partial charge in [0.1, 0.15) is 5.75 Å². The second kappa shape index (κ2) is 8.85. The number of benzene rings is 2. The molecule has 0 fully saturated rings. The number of hydrogen-bond donors (Lipinski definition) is 2. The Morgan fingerprint density at radius 3 is 2.58 bits per heavy atom. The Morgan fingerprint density at radius 2 is 1.96 bits per heavy atom. The summed E-state index contributed by atoms with van der Waals surface area (Å²) in [4.78, 5) is 12.2. The lowest BCUT2D eigenvalue weighted by Crippen LogP contribution is -2.41. The molecule has 1 atom stereocenters. The summed E-state index contributed by atoms with van der Waals surface area (Å²) in [5, 5.41) is 2.84. The molecule has 0 aliphatic rings. The normalized spacial score (nSPS) is 12.5. The van der Waals surface area contributed by atoms with Gasteiger partial charge in [0.15, 0.2) is 0 Å². The Balaban J connectivity index is 2.11. The fourth-order valence-corrected chi connectivity index (χ4v) is 3.99. The number of sulfonamides is 1. The molecule has 0 aliphatic carbocycles. The van der Waals surface area contributed by atoms with Gasteiger partial charge in [0.25, 0.3) is 0 Å². The predicted octanol–water partition coefficient (Wildman–Crippen LogP) is 3.81. The molecule has 0 saturated carbocycles. The molecule has 0 unspecified atom stereocenters. The second-order valence-corrected chi connectivity index (χ2v) is 8.31. The molecule has 0 aromatic heterocycles. The van der Waals surface area contributed by atoms with Crippen molar-refractivity contribution in [1.82, 2.24) is 4.72 Å². The predicted molar refractivity (Wildman–Crippen MR) is 105 cm³/mol. The van der Waals surface area contributed by atoms with Crippen LogP contribution in [-0.4, -0.2) is 27.0 Å². The van der Waals surface area contributed by atoms with Gasteiger partial charge < -0.3 is 10.1 Å². The fourth-order valence-electron chi connectivity index (χ4n) is 2.08. The van der Waals surface area contributed by atoms with E-state index in [1.807, 2.05) is 6.07 Å². The second-order valence-electron chi connectivity index (χ2n) is 5.34. The van der Waals surface area contributed by atoms with Crippen molar-refractivity contribution in [2.24, 2.45) is 0 Å². The van der Waals surface area contributed by atoms with Gasteiger partial charge in [-0.25, -0.2) is 8.42 Å². The van der Waals surface area contributed by atoms with Crippen LogP contribution in [0.1, 0.15) is 13.8 Å². The van der Waals surface area contributed by atoms with Crippen molar-refractivity contribution >= 4 is 49.1 Å². The molecular weight excluding hydrogens is 444 g/mol. The largest absolute Gasteiger partial charge is 0.492 e. The number of para-hydroxylation sites is 1. The number of amides is 1. The van der Waals surface area contributed by atoms with Crippen LogP contribution in [0.3, 0.4) is 0 Å². The number of nitrogens with one attached hydrogen (secondary N) is 2.